The molecule has 0 saturated heterocycles. The summed E-state index contributed by atoms with van der Waals surface area (Å²) in [4.78, 5) is 16.4. The third-order valence-corrected chi connectivity index (χ3v) is 5.16. The Morgan fingerprint density at radius 3 is 2.64 bits per heavy atom. The zero-order valence-electron chi connectivity index (χ0n) is 13.9. The molecule has 1 aromatic carbocycles. The SMILES string of the molecule is CCS(=O)(=O)Nc1ccc(C(=O)NCCc2nc(C3CC3)no2)cc1. The van der Waals surface area contributed by atoms with Crippen molar-refractivity contribution in [2.45, 2.75) is 32.1 Å². The van der Waals surface area contributed by atoms with E-state index in [2.05, 4.69) is 20.2 Å². The van der Waals surface area contributed by atoms with Crippen LogP contribution in [-0.2, 0) is 16.4 Å². The van der Waals surface area contributed by atoms with Crippen LogP contribution < -0.4 is 10.0 Å². The predicted octanol–water partition coefficient (Wildman–Crippen LogP) is 1.68. The zero-order chi connectivity index (χ0) is 17.9. The molecule has 1 aliphatic rings. The summed E-state index contributed by atoms with van der Waals surface area (Å²) < 4.78 is 30.6. The lowest BCUT2D eigenvalue weighted by molar-refractivity contribution is 0.0953. The number of rotatable bonds is 8. The number of nitrogens with zero attached hydrogens (tertiary/aromatic N) is 2. The van der Waals surface area contributed by atoms with Crippen molar-refractivity contribution in [1.82, 2.24) is 15.5 Å². The van der Waals surface area contributed by atoms with Gasteiger partial charge in [0.1, 0.15) is 0 Å². The molecule has 9 heteroatoms. The van der Waals surface area contributed by atoms with Gasteiger partial charge in [-0.1, -0.05) is 5.16 Å². The molecule has 2 aromatic rings. The Labute approximate surface area is 146 Å². The summed E-state index contributed by atoms with van der Waals surface area (Å²) in [5.74, 6) is 1.47. The Kier molecular flexibility index (Phi) is 5.03. The van der Waals surface area contributed by atoms with E-state index >= 15 is 0 Å². The van der Waals surface area contributed by atoms with Crippen LogP contribution in [0.2, 0.25) is 0 Å². The molecule has 0 bridgehead atoms. The average molecular weight is 364 g/mol. The first-order chi connectivity index (χ1) is 12.0. The fraction of sp³-hybridized carbons (Fsp3) is 0.438. The second-order valence-electron chi connectivity index (χ2n) is 5.91. The molecule has 0 radical (unpaired) electrons. The lowest BCUT2D eigenvalue weighted by atomic mass is 10.2. The van der Waals surface area contributed by atoms with Crippen molar-refractivity contribution in [1.29, 1.82) is 0 Å². The number of aromatic nitrogens is 2. The number of amides is 1. The number of benzene rings is 1. The number of nitrogens with one attached hydrogen (secondary N) is 2. The fourth-order valence-corrected chi connectivity index (χ4v) is 2.84. The van der Waals surface area contributed by atoms with Crippen molar-refractivity contribution in [2.75, 3.05) is 17.0 Å². The minimum atomic E-state index is -3.32. The molecule has 8 nitrogen and oxygen atoms in total. The molecule has 1 aromatic heterocycles. The van der Waals surface area contributed by atoms with Crippen LogP contribution in [0.1, 0.15) is 47.8 Å². The van der Waals surface area contributed by atoms with Crippen molar-refractivity contribution in [2.24, 2.45) is 0 Å². The van der Waals surface area contributed by atoms with Gasteiger partial charge in [-0.15, -0.1) is 0 Å². The monoisotopic (exact) mass is 364 g/mol. The van der Waals surface area contributed by atoms with Gasteiger partial charge >= 0.3 is 0 Å². The number of sulfonamides is 1. The average Bonchev–Trinajstić information content (AvgIpc) is 3.34. The molecule has 0 aliphatic heterocycles. The minimum absolute atomic E-state index is 0.00658. The van der Waals surface area contributed by atoms with Gasteiger partial charge in [-0.3, -0.25) is 9.52 Å². The van der Waals surface area contributed by atoms with E-state index in [1.165, 1.54) is 0 Å². The summed E-state index contributed by atoms with van der Waals surface area (Å²) >= 11 is 0. The van der Waals surface area contributed by atoms with Gasteiger partial charge < -0.3 is 9.84 Å². The van der Waals surface area contributed by atoms with E-state index in [1.54, 1.807) is 31.2 Å². The topological polar surface area (TPSA) is 114 Å². The molecule has 1 heterocycles. The largest absolute Gasteiger partial charge is 0.352 e. The summed E-state index contributed by atoms with van der Waals surface area (Å²) in [5, 5.41) is 6.70. The normalized spacial score (nSPS) is 14.3. The van der Waals surface area contributed by atoms with E-state index in [9.17, 15) is 13.2 Å². The summed E-state index contributed by atoms with van der Waals surface area (Å²) in [6, 6.07) is 6.26. The van der Waals surface area contributed by atoms with Gasteiger partial charge in [0.05, 0.1) is 5.75 Å². The van der Waals surface area contributed by atoms with E-state index in [1.807, 2.05) is 0 Å². The highest BCUT2D eigenvalue weighted by Crippen LogP contribution is 2.38. The van der Waals surface area contributed by atoms with Gasteiger partial charge in [0, 0.05) is 30.1 Å². The van der Waals surface area contributed by atoms with E-state index in [4.69, 9.17) is 4.52 Å². The molecular weight excluding hydrogens is 344 g/mol. The lowest BCUT2D eigenvalue weighted by Crippen LogP contribution is -2.25. The Hall–Kier alpha value is -2.42. The van der Waals surface area contributed by atoms with Crippen molar-refractivity contribution < 1.29 is 17.7 Å². The van der Waals surface area contributed by atoms with Crippen LogP contribution in [0.25, 0.3) is 0 Å². The van der Waals surface area contributed by atoms with Crippen molar-refractivity contribution in [3.8, 4) is 0 Å². The number of carbonyl (C=O) groups is 1. The fourth-order valence-electron chi connectivity index (χ4n) is 2.20. The highest BCUT2D eigenvalue weighted by atomic mass is 32.2. The first-order valence-corrected chi connectivity index (χ1v) is 9.83. The van der Waals surface area contributed by atoms with Crippen molar-refractivity contribution in [3.63, 3.8) is 0 Å². The molecule has 134 valence electrons. The smallest absolute Gasteiger partial charge is 0.251 e. The van der Waals surface area contributed by atoms with E-state index < -0.39 is 10.0 Å². The number of anilines is 1. The van der Waals surface area contributed by atoms with E-state index in [-0.39, 0.29) is 11.7 Å². The van der Waals surface area contributed by atoms with E-state index in [0.717, 1.165) is 18.7 Å². The van der Waals surface area contributed by atoms with Crippen LogP contribution in [-0.4, -0.2) is 36.8 Å². The Bertz CT molecular complexity index is 841. The van der Waals surface area contributed by atoms with Crippen LogP contribution in [0.5, 0.6) is 0 Å². The molecule has 2 N–H and O–H groups in total. The van der Waals surface area contributed by atoms with Crippen LogP contribution in [0.4, 0.5) is 5.69 Å². The molecular formula is C16H20N4O4S. The summed E-state index contributed by atoms with van der Waals surface area (Å²) in [6.07, 6.45) is 2.69. The third-order valence-electron chi connectivity index (χ3n) is 3.85. The molecule has 25 heavy (non-hydrogen) atoms. The zero-order valence-corrected chi connectivity index (χ0v) is 14.7. The minimum Gasteiger partial charge on any atom is -0.352 e. The first-order valence-electron chi connectivity index (χ1n) is 8.18. The Balaban J connectivity index is 1.48. The van der Waals surface area contributed by atoms with Crippen LogP contribution in [0.3, 0.4) is 0 Å². The number of carbonyl (C=O) groups excluding carboxylic acids is 1. The second kappa shape index (κ2) is 7.22. The summed E-state index contributed by atoms with van der Waals surface area (Å²) in [5.41, 5.74) is 0.875. The molecule has 0 unspecified atom stereocenters. The summed E-state index contributed by atoms with van der Waals surface area (Å²) in [7, 11) is -3.32. The Morgan fingerprint density at radius 2 is 2.00 bits per heavy atom. The van der Waals surface area contributed by atoms with Gasteiger partial charge in [-0.2, -0.15) is 4.98 Å². The highest BCUT2D eigenvalue weighted by molar-refractivity contribution is 7.92. The molecule has 1 aliphatic carbocycles. The number of hydrogen-bond donors (Lipinski definition) is 2. The van der Waals surface area contributed by atoms with Gasteiger partial charge in [0.15, 0.2) is 5.82 Å². The molecule has 3 rings (SSSR count). The van der Waals surface area contributed by atoms with E-state index in [0.29, 0.717) is 36.0 Å². The van der Waals surface area contributed by atoms with Gasteiger partial charge in [0.25, 0.3) is 5.91 Å². The van der Waals surface area contributed by atoms with Gasteiger partial charge in [-0.25, -0.2) is 8.42 Å². The van der Waals surface area contributed by atoms with Gasteiger partial charge in [0.2, 0.25) is 15.9 Å². The molecule has 1 saturated carbocycles. The molecule has 1 amide bonds. The van der Waals surface area contributed by atoms with Crippen LogP contribution >= 0.6 is 0 Å². The first kappa shape index (κ1) is 17.4. The van der Waals surface area contributed by atoms with Crippen molar-refractivity contribution >= 4 is 21.6 Å². The molecule has 0 spiro atoms. The highest BCUT2D eigenvalue weighted by Gasteiger charge is 2.28. The van der Waals surface area contributed by atoms with Crippen molar-refractivity contribution in [3.05, 3.63) is 41.5 Å². The van der Waals surface area contributed by atoms with Crippen LogP contribution in [0.15, 0.2) is 28.8 Å². The van der Waals surface area contributed by atoms with Gasteiger partial charge in [-0.05, 0) is 44.0 Å². The quantitative estimate of drug-likeness (QED) is 0.736. The van der Waals surface area contributed by atoms with Crippen LogP contribution in [0, 0.1) is 0 Å². The molecule has 0 atom stereocenters. The number of hydrogen-bond acceptors (Lipinski definition) is 6. The standard InChI is InChI=1S/C16H20N4O4S/c1-2-25(22,23)20-13-7-5-12(6-8-13)16(21)17-10-9-14-18-15(19-24-14)11-3-4-11/h5-8,11,20H,2-4,9-10H2,1H3,(H,17,21). The maximum Gasteiger partial charge on any atom is 0.251 e. The summed E-state index contributed by atoms with van der Waals surface area (Å²) in [6.45, 7) is 1.94. The lowest BCUT2D eigenvalue weighted by Gasteiger charge is -2.07. The second-order valence-corrected chi connectivity index (χ2v) is 7.92. The maximum absolute atomic E-state index is 12.1. The Morgan fingerprint density at radius 1 is 1.28 bits per heavy atom. The maximum atomic E-state index is 12.1. The predicted molar refractivity (Wildman–Crippen MR) is 91.8 cm³/mol. The molecule has 1 fully saturated rings. The third kappa shape index (κ3) is 4.79.